The van der Waals surface area contributed by atoms with Crippen molar-refractivity contribution in [2.24, 2.45) is 0 Å². The van der Waals surface area contributed by atoms with Crippen LogP contribution in [0.2, 0.25) is 0 Å². The van der Waals surface area contributed by atoms with Crippen LogP contribution in [0.4, 0.5) is 0 Å². The van der Waals surface area contributed by atoms with Gasteiger partial charge in [-0.1, -0.05) is 13.8 Å². The molecular formula is C10H21NO4S. The van der Waals surface area contributed by atoms with Gasteiger partial charge in [-0.05, 0) is 25.8 Å². The van der Waals surface area contributed by atoms with Gasteiger partial charge in [-0.15, -0.1) is 0 Å². The summed E-state index contributed by atoms with van der Waals surface area (Å²) >= 11 is 0. The van der Waals surface area contributed by atoms with Crippen LogP contribution in [0.15, 0.2) is 0 Å². The molecule has 0 bridgehead atoms. The van der Waals surface area contributed by atoms with Gasteiger partial charge in [0.2, 0.25) is 0 Å². The Labute approximate surface area is 97.2 Å². The van der Waals surface area contributed by atoms with Gasteiger partial charge in [0, 0.05) is 6.26 Å². The molecule has 0 aromatic heterocycles. The summed E-state index contributed by atoms with van der Waals surface area (Å²) in [6.07, 6.45) is 2.58. The van der Waals surface area contributed by atoms with Crippen LogP contribution < -0.4 is 5.32 Å². The van der Waals surface area contributed by atoms with Gasteiger partial charge in [0.15, 0.2) is 0 Å². The van der Waals surface area contributed by atoms with Crippen molar-refractivity contribution in [3.05, 3.63) is 0 Å². The largest absolute Gasteiger partial charge is 0.480 e. The van der Waals surface area contributed by atoms with Crippen LogP contribution in [-0.2, 0) is 14.6 Å². The predicted octanol–water partition coefficient (Wildman–Crippen LogP) is 0.654. The summed E-state index contributed by atoms with van der Waals surface area (Å²) in [4.78, 5) is 11.1. The van der Waals surface area contributed by atoms with Gasteiger partial charge in [0.05, 0.1) is 5.75 Å². The first-order chi connectivity index (χ1) is 7.27. The number of carboxylic acids is 1. The molecule has 16 heavy (non-hydrogen) atoms. The minimum Gasteiger partial charge on any atom is -0.480 e. The van der Waals surface area contributed by atoms with Gasteiger partial charge in [0.25, 0.3) is 0 Å². The second-order valence-corrected chi connectivity index (χ2v) is 6.26. The molecule has 0 spiro atoms. The average molecular weight is 251 g/mol. The first kappa shape index (κ1) is 15.4. The Balaban J connectivity index is 4.20. The summed E-state index contributed by atoms with van der Waals surface area (Å²) in [5.41, 5.74) is -0.919. The lowest BCUT2D eigenvalue weighted by Crippen LogP contribution is -2.51. The smallest absolute Gasteiger partial charge is 0.323 e. The molecule has 0 saturated carbocycles. The van der Waals surface area contributed by atoms with Gasteiger partial charge >= 0.3 is 5.97 Å². The molecule has 0 aromatic carbocycles. The van der Waals surface area contributed by atoms with Crippen molar-refractivity contribution in [2.75, 3.05) is 18.6 Å². The highest BCUT2D eigenvalue weighted by Gasteiger charge is 2.33. The molecule has 0 aliphatic carbocycles. The van der Waals surface area contributed by atoms with E-state index in [1.54, 1.807) is 13.8 Å². The summed E-state index contributed by atoms with van der Waals surface area (Å²) in [7, 11) is -2.96. The third-order valence-electron chi connectivity index (χ3n) is 2.77. The van der Waals surface area contributed by atoms with Gasteiger partial charge in [-0.25, -0.2) is 8.42 Å². The normalized spacial score (nSPS) is 12.7. The zero-order valence-electron chi connectivity index (χ0n) is 10.1. The molecule has 0 fully saturated rings. The number of carboxylic acid groups (broad SMARTS) is 1. The highest BCUT2D eigenvalue weighted by molar-refractivity contribution is 7.90. The molecule has 0 aliphatic heterocycles. The number of aliphatic carboxylic acids is 1. The van der Waals surface area contributed by atoms with E-state index in [0.29, 0.717) is 25.8 Å². The second-order valence-electron chi connectivity index (χ2n) is 4.00. The van der Waals surface area contributed by atoms with E-state index in [1.807, 2.05) is 0 Å². The SMILES string of the molecule is CCC(CC)(NCCCS(C)(=O)=O)C(=O)O. The lowest BCUT2D eigenvalue weighted by atomic mass is 9.93. The first-order valence-corrected chi connectivity index (χ1v) is 7.49. The van der Waals surface area contributed by atoms with Crippen LogP contribution in [0.1, 0.15) is 33.1 Å². The molecule has 0 saturated heterocycles. The maximum atomic E-state index is 11.1. The van der Waals surface area contributed by atoms with Crippen LogP contribution in [-0.4, -0.2) is 43.6 Å². The van der Waals surface area contributed by atoms with Crippen molar-refractivity contribution in [1.82, 2.24) is 5.32 Å². The molecule has 0 heterocycles. The Hall–Kier alpha value is -0.620. The number of carbonyl (C=O) groups is 1. The third kappa shape index (κ3) is 4.94. The van der Waals surface area contributed by atoms with E-state index in [1.165, 1.54) is 6.26 Å². The molecular weight excluding hydrogens is 230 g/mol. The van der Waals surface area contributed by atoms with Crippen molar-refractivity contribution in [3.63, 3.8) is 0 Å². The Bertz CT molecular complexity index is 320. The highest BCUT2D eigenvalue weighted by Crippen LogP contribution is 2.15. The van der Waals surface area contributed by atoms with Crippen molar-refractivity contribution in [3.8, 4) is 0 Å². The molecule has 0 amide bonds. The lowest BCUT2D eigenvalue weighted by molar-refractivity contribution is -0.145. The third-order valence-corrected chi connectivity index (χ3v) is 3.80. The number of hydrogen-bond acceptors (Lipinski definition) is 4. The fourth-order valence-corrected chi connectivity index (χ4v) is 2.21. The van der Waals surface area contributed by atoms with E-state index in [9.17, 15) is 13.2 Å². The van der Waals surface area contributed by atoms with Crippen molar-refractivity contribution in [2.45, 2.75) is 38.6 Å². The maximum Gasteiger partial charge on any atom is 0.323 e. The molecule has 0 radical (unpaired) electrons. The predicted molar refractivity (Wildman–Crippen MR) is 63.3 cm³/mol. The van der Waals surface area contributed by atoms with Crippen molar-refractivity contribution < 1.29 is 18.3 Å². The van der Waals surface area contributed by atoms with Gasteiger partial charge in [0.1, 0.15) is 15.4 Å². The summed E-state index contributed by atoms with van der Waals surface area (Å²) < 4.78 is 21.8. The maximum absolute atomic E-state index is 11.1. The quantitative estimate of drug-likeness (QED) is 0.619. The summed E-state index contributed by atoms with van der Waals surface area (Å²) in [6, 6.07) is 0. The lowest BCUT2D eigenvalue weighted by Gasteiger charge is -2.28. The number of sulfone groups is 1. The van der Waals surface area contributed by atoms with Gasteiger partial charge in [-0.3, -0.25) is 4.79 Å². The highest BCUT2D eigenvalue weighted by atomic mass is 32.2. The minimum atomic E-state index is -2.96. The van der Waals surface area contributed by atoms with E-state index in [-0.39, 0.29) is 5.75 Å². The monoisotopic (exact) mass is 251 g/mol. The van der Waals surface area contributed by atoms with Crippen LogP contribution in [0.5, 0.6) is 0 Å². The number of rotatable bonds is 8. The molecule has 0 rings (SSSR count). The van der Waals surface area contributed by atoms with Crippen LogP contribution in [0, 0.1) is 0 Å². The first-order valence-electron chi connectivity index (χ1n) is 5.43. The summed E-state index contributed by atoms with van der Waals surface area (Å²) in [5, 5.41) is 12.0. The van der Waals surface area contributed by atoms with Crippen LogP contribution in [0.3, 0.4) is 0 Å². The topological polar surface area (TPSA) is 83.5 Å². The molecule has 2 N–H and O–H groups in total. The van der Waals surface area contributed by atoms with E-state index >= 15 is 0 Å². The zero-order valence-corrected chi connectivity index (χ0v) is 10.9. The summed E-state index contributed by atoms with van der Waals surface area (Å²) in [6.45, 7) is 4.02. The standard InChI is InChI=1S/C10H21NO4S/c1-4-10(5-2,9(12)13)11-7-6-8-16(3,14)15/h11H,4-8H2,1-3H3,(H,12,13). The van der Waals surface area contributed by atoms with Gasteiger partial charge in [-0.2, -0.15) is 0 Å². The molecule has 5 nitrogen and oxygen atoms in total. The Kier molecular flexibility index (Phi) is 5.96. The van der Waals surface area contributed by atoms with Gasteiger partial charge < -0.3 is 10.4 Å². The Morgan fingerprint density at radius 2 is 1.81 bits per heavy atom. The van der Waals surface area contributed by atoms with E-state index in [4.69, 9.17) is 5.11 Å². The van der Waals surface area contributed by atoms with Crippen molar-refractivity contribution >= 4 is 15.8 Å². The minimum absolute atomic E-state index is 0.0864. The van der Waals surface area contributed by atoms with E-state index in [2.05, 4.69) is 5.32 Å². The zero-order chi connectivity index (χ0) is 12.8. The average Bonchev–Trinajstić information content (AvgIpc) is 2.17. The molecule has 0 atom stereocenters. The second kappa shape index (κ2) is 6.20. The fourth-order valence-electron chi connectivity index (χ4n) is 1.54. The number of hydrogen-bond donors (Lipinski definition) is 2. The molecule has 96 valence electrons. The molecule has 0 aromatic rings. The Morgan fingerprint density at radius 3 is 2.12 bits per heavy atom. The molecule has 0 unspecified atom stereocenters. The van der Waals surface area contributed by atoms with Crippen LogP contribution in [0.25, 0.3) is 0 Å². The summed E-state index contributed by atoms with van der Waals surface area (Å²) in [5.74, 6) is -0.791. The van der Waals surface area contributed by atoms with Crippen molar-refractivity contribution in [1.29, 1.82) is 0 Å². The van der Waals surface area contributed by atoms with E-state index in [0.717, 1.165) is 0 Å². The fraction of sp³-hybridized carbons (Fsp3) is 0.900. The molecule has 0 aliphatic rings. The number of nitrogens with one attached hydrogen (secondary N) is 1. The molecule has 6 heteroatoms. The Morgan fingerprint density at radius 1 is 1.31 bits per heavy atom. The van der Waals surface area contributed by atoms with E-state index < -0.39 is 21.3 Å². The van der Waals surface area contributed by atoms with Crippen LogP contribution >= 0.6 is 0 Å².